The Bertz CT molecular complexity index is 834. The predicted octanol–water partition coefficient (Wildman–Crippen LogP) is 7.32. The highest BCUT2D eigenvalue weighted by molar-refractivity contribution is 5.42. The molecular weight excluding hydrogens is 347 g/mol. The fraction of sp³-hybridized carbons (Fsp3) is 0.538. The van der Waals surface area contributed by atoms with Crippen LogP contribution in [0.1, 0.15) is 88.5 Å². The van der Waals surface area contributed by atoms with E-state index < -0.39 is 5.82 Å². The van der Waals surface area contributed by atoms with Gasteiger partial charge in [-0.05, 0) is 82.7 Å². The van der Waals surface area contributed by atoms with Crippen LogP contribution in [0.25, 0.3) is 0 Å². The van der Waals surface area contributed by atoms with Crippen LogP contribution in [0.3, 0.4) is 0 Å². The molecule has 1 N–H and O–H groups in total. The van der Waals surface area contributed by atoms with Crippen LogP contribution < -0.4 is 0 Å². The smallest absolute Gasteiger partial charge is 0.165 e. The summed E-state index contributed by atoms with van der Waals surface area (Å²) >= 11 is 0. The second-order valence-electron chi connectivity index (χ2n) is 9.92. The van der Waals surface area contributed by atoms with Crippen molar-refractivity contribution in [1.29, 1.82) is 0 Å². The van der Waals surface area contributed by atoms with Crippen molar-refractivity contribution >= 4 is 0 Å². The minimum absolute atomic E-state index is 0.212. The van der Waals surface area contributed by atoms with Gasteiger partial charge in [0, 0.05) is 0 Å². The Morgan fingerprint density at radius 3 is 2.25 bits per heavy atom. The van der Waals surface area contributed by atoms with E-state index in [2.05, 4.69) is 65.8 Å². The van der Waals surface area contributed by atoms with Gasteiger partial charge in [-0.25, -0.2) is 4.39 Å². The van der Waals surface area contributed by atoms with Crippen LogP contribution >= 0.6 is 0 Å². The van der Waals surface area contributed by atoms with Gasteiger partial charge < -0.3 is 5.11 Å². The first-order chi connectivity index (χ1) is 13.1. The molecule has 0 fully saturated rings. The maximum absolute atomic E-state index is 13.1. The van der Waals surface area contributed by atoms with Crippen molar-refractivity contribution in [3.63, 3.8) is 0 Å². The lowest BCUT2D eigenvalue weighted by molar-refractivity contribution is 0.409. The van der Waals surface area contributed by atoms with Crippen molar-refractivity contribution in [3.05, 3.63) is 64.5 Å². The molecule has 0 heterocycles. The average Bonchev–Trinajstić information content (AvgIpc) is 3.15. The minimum Gasteiger partial charge on any atom is -0.505 e. The number of halogens is 1. The summed E-state index contributed by atoms with van der Waals surface area (Å²) in [6, 6.07) is 12.0. The van der Waals surface area contributed by atoms with E-state index in [1.165, 1.54) is 12.5 Å². The highest BCUT2D eigenvalue weighted by Gasteiger charge is 2.37. The Hall–Kier alpha value is -1.83. The van der Waals surface area contributed by atoms with Crippen LogP contribution in [0.15, 0.2) is 36.4 Å². The number of benzene rings is 2. The Balaban J connectivity index is 0.000000161. The number of phenolic OH excluding ortho intramolecular Hbond substituents is 1. The summed E-state index contributed by atoms with van der Waals surface area (Å²) in [5, 5.41) is 9.31. The number of aromatic hydroxyl groups is 1. The zero-order chi connectivity index (χ0) is 20.6. The molecule has 2 aromatic rings. The van der Waals surface area contributed by atoms with Crippen molar-refractivity contribution in [2.45, 2.75) is 78.1 Å². The average molecular weight is 383 g/mol. The number of hydrogen-bond acceptors (Lipinski definition) is 1. The molecule has 0 bridgehead atoms. The summed E-state index contributed by atoms with van der Waals surface area (Å²) in [5.74, 6) is 1.86. The summed E-state index contributed by atoms with van der Waals surface area (Å²) < 4.78 is 13.1. The highest BCUT2D eigenvalue weighted by Crippen LogP contribution is 2.48. The maximum Gasteiger partial charge on any atom is 0.165 e. The lowest BCUT2D eigenvalue weighted by Crippen LogP contribution is -2.13. The monoisotopic (exact) mass is 382 g/mol. The Morgan fingerprint density at radius 1 is 0.964 bits per heavy atom. The molecule has 0 amide bonds. The van der Waals surface area contributed by atoms with E-state index in [0.29, 0.717) is 17.3 Å². The van der Waals surface area contributed by atoms with Gasteiger partial charge in [0.1, 0.15) is 0 Å². The van der Waals surface area contributed by atoms with Gasteiger partial charge in [-0.1, -0.05) is 65.8 Å². The largest absolute Gasteiger partial charge is 0.505 e. The number of aryl methyl sites for hydroxylation is 1. The molecule has 0 saturated heterocycles. The molecule has 0 spiro atoms. The van der Waals surface area contributed by atoms with E-state index in [0.717, 1.165) is 35.8 Å². The van der Waals surface area contributed by atoms with Crippen molar-refractivity contribution in [2.75, 3.05) is 0 Å². The lowest BCUT2D eigenvalue weighted by atomic mass is 9.84. The SMILES string of the molecule is CC(C)C1CC(C)(C)c2ccccc21.CC(C)C1CCc2cc(F)c(O)cc21. The van der Waals surface area contributed by atoms with Gasteiger partial charge in [0.25, 0.3) is 0 Å². The van der Waals surface area contributed by atoms with Crippen LogP contribution in [0.5, 0.6) is 5.75 Å². The van der Waals surface area contributed by atoms with Gasteiger partial charge in [-0.3, -0.25) is 0 Å². The van der Waals surface area contributed by atoms with Gasteiger partial charge in [0.15, 0.2) is 11.6 Å². The standard InChI is InChI=1S/C14H20.C12H15FO/c1-10(2)12-9-14(3,4)13-8-6-5-7-11(12)13;1-7(2)9-4-3-8-5-11(13)12(14)6-10(8)9/h5-8,10,12H,9H2,1-4H3;5-7,9,14H,3-4H2,1-2H3. The van der Waals surface area contributed by atoms with E-state index in [4.69, 9.17) is 0 Å². The predicted molar refractivity (Wildman–Crippen MR) is 116 cm³/mol. The maximum atomic E-state index is 13.1. The van der Waals surface area contributed by atoms with Gasteiger partial charge in [-0.2, -0.15) is 0 Å². The molecule has 2 aliphatic rings. The van der Waals surface area contributed by atoms with Gasteiger partial charge >= 0.3 is 0 Å². The van der Waals surface area contributed by atoms with Gasteiger partial charge in [0.05, 0.1) is 0 Å². The fourth-order valence-corrected chi connectivity index (χ4v) is 5.14. The zero-order valence-electron chi connectivity index (χ0n) is 18.2. The molecule has 2 aliphatic carbocycles. The van der Waals surface area contributed by atoms with E-state index >= 15 is 0 Å². The molecule has 152 valence electrons. The molecule has 0 aliphatic heterocycles. The number of hydrogen-bond donors (Lipinski definition) is 1. The van der Waals surface area contributed by atoms with Crippen molar-refractivity contribution in [3.8, 4) is 5.75 Å². The first-order valence-corrected chi connectivity index (χ1v) is 10.7. The molecule has 2 unspecified atom stereocenters. The molecule has 4 rings (SSSR count). The summed E-state index contributed by atoms with van der Waals surface area (Å²) in [7, 11) is 0. The first-order valence-electron chi connectivity index (χ1n) is 10.7. The van der Waals surface area contributed by atoms with Crippen molar-refractivity contribution in [2.24, 2.45) is 11.8 Å². The molecule has 0 saturated carbocycles. The Kier molecular flexibility index (Phi) is 5.89. The summed E-state index contributed by atoms with van der Waals surface area (Å²) in [6.45, 7) is 13.7. The first kappa shape index (κ1) is 20.9. The van der Waals surface area contributed by atoms with E-state index in [-0.39, 0.29) is 5.75 Å². The van der Waals surface area contributed by atoms with Crippen LogP contribution in [-0.4, -0.2) is 5.11 Å². The Morgan fingerprint density at radius 2 is 1.61 bits per heavy atom. The normalized spacial score (nSPS) is 22.0. The van der Waals surface area contributed by atoms with Gasteiger partial charge in [0.2, 0.25) is 0 Å². The van der Waals surface area contributed by atoms with Crippen LogP contribution in [0, 0.1) is 17.7 Å². The summed E-state index contributed by atoms with van der Waals surface area (Å²) in [6.07, 6.45) is 3.33. The molecule has 1 nitrogen and oxygen atoms in total. The highest BCUT2D eigenvalue weighted by atomic mass is 19.1. The molecular formula is C26H35FO. The van der Waals surface area contributed by atoms with Crippen LogP contribution in [-0.2, 0) is 11.8 Å². The third-order valence-corrected chi connectivity index (χ3v) is 6.76. The zero-order valence-corrected chi connectivity index (χ0v) is 18.2. The summed E-state index contributed by atoms with van der Waals surface area (Å²) in [5.41, 5.74) is 5.75. The van der Waals surface area contributed by atoms with Crippen LogP contribution in [0.4, 0.5) is 4.39 Å². The lowest BCUT2D eigenvalue weighted by Gasteiger charge is -2.20. The quantitative estimate of drug-likeness (QED) is 0.576. The topological polar surface area (TPSA) is 20.2 Å². The number of phenols is 1. The van der Waals surface area contributed by atoms with Crippen molar-refractivity contribution in [1.82, 2.24) is 0 Å². The Labute approximate surface area is 170 Å². The number of rotatable bonds is 2. The number of fused-ring (bicyclic) bond motifs is 2. The third-order valence-electron chi connectivity index (χ3n) is 6.76. The second-order valence-corrected chi connectivity index (χ2v) is 9.92. The fourth-order valence-electron chi connectivity index (χ4n) is 5.14. The molecule has 2 atom stereocenters. The molecule has 2 heteroatoms. The second kappa shape index (κ2) is 7.89. The van der Waals surface area contributed by atoms with Crippen molar-refractivity contribution < 1.29 is 9.50 Å². The molecule has 0 aromatic heterocycles. The molecule has 28 heavy (non-hydrogen) atoms. The van der Waals surface area contributed by atoms with Crippen LogP contribution in [0.2, 0.25) is 0 Å². The molecule has 2 aromatic carbocycles. The van der Waals surface area contributed by atoms with E-state index in [1.54, 1.807) is 17.2 Å². The van der Waals surface area contributed by atoms with Gasteiger partial charge in [-0.15, -0.1) is 0 Å². The third kappa shape index (κ3) is 3.97. The van der Waals surface area contributed by atoms with E-state index in [1.807, 2.05) is 0 Å². The molecule has 0 radical (unpaired) electrons. The summed E-state index contributed by atoms with van der Waals surface area (Å²) in [4.78, 5) is 0. The minimum atomic E-state index is -0.492. The van der Waals surface area contributed by atoms with E-state index in [9.17, 15) is 9.50 Å².